The third-order valence-electron chi connectivity index (χ3n) is 4.19. The first-order valence-electron chi connectivity index (χ1n) is 7.28. The van der Waals surface area contributed by atoms with Crippen molar-refractivity contribution >= 4 is 23.6 Å². The van der Waals surface area contributed by atoms with E-state index < -0.39 is 23.8 Å². The molecule has 6 heteroatoms. The van der Waals surface area contributed by atoms with Crippen molar-refractivity contribution in [2.45, 2.75) is 32.7 Å². The number of benzene rings is 1. The van der Waals surface area contributed by atoms with Gasteiger partial charge in [0.1, 0.15) is 6.04 Å². The van der Waals surface area contributed by atoms with Crippen molar-refractivity contribution in [3.8, 4) is 0 Å². The summed E-state index contributed by atoms with van der Waals surface area (Å²) in [5.41, 5.74) is 1.53. The van der Waals surface area contributed by atoms with Gasteiger partial charge >= 0.3 is 0 Å². The Kier molecular flexibility index (Phi) is 3.31. The molecule has 1 aromatic carbocycles. The van der Waals surface area contributed by atoms with E-state index in [-0.39, 0.29) is 25.3 Å². The Bertz CT molecular complexity index is 710. The third kappa shape index (κ3) is 1.94. The predicted octanol–water partition coefficient (Wildman–Crippen LogP) is 1.13. The van der Waals surface area contributed by atoms with Gasteiger partial charge in [-0.25, -0.2) is 0 Å². The van der Waals surface area contributed by atoms with Crippen LogP contribution in [0.1, 0.15) is 46.0 Å². The topological polar surface area (TPSA) is 74.8 Å². The molecule has 22 heavy (non-hydrogen) atoms. The first kappa shape index (κ1) is 14.4. The second-order valence-electron chi connectivity index (χ2n) is 5.56. The lowest BCUT2D eigenvalue weighted by molar-refractivity contribution is -0.151. The Balaban J connectivity index is 1.97. The Morgan fingerprint density at radius 3 is 2.45 bits per heavy atom. The fourth-order valence-electron chi connectivity index (χ4n) is 3.05. The summed E-state index contributed by atoms with van der Waals surface area (Å²) in [7, 11) is 0. The number of nitrogens with zero attached hydrogens (tertiary/aromatic N) is 2. The van der Waals surface area contributed by atoms with E-state index in [0.29, 0.717) is 11.1 Å². The van der Waals surface area contributed by atoms with Crippen molar-refractivity contribution in [2.75, 3.05) is 6.54 Å². The molecule has 1 saturated heterocycles. The highest BCUT2D eigenvalue weighted by Crippen LogP contribution is 2.29. The maximum atomic E-state index is 12.5. The molecular formula is C16H16N2O4. The minimum absolute atomic E-state index is 0.163. The molecular weight excluding hydrogens is 284 g/mol. The van der Waals surface area contributed by atoms with Gasteiger partial charge in [0.05, 0.1) is 11.1 Å². The molecule has 4 amide bonds. The molecule has 2 heterocycles. The number of imide groups is 2. The van der Waals surface area contributed by atoms with Crippen LogP contribution in [0.25, 0.3) is 0 Å². The van der Waals surface area contributed by atoms with Crippen molar-refractivity contribution in [1.82, 2.24) is 9.80 Å². The van der Waals surface area contributed by atoms with Crippen molar-refractivity contribution in [1.29, 1.82) is 0 Å². The SMILES string of the molecule is CCN1C(=O)CCC(N2C(=O)c3ccc(C)cc3C2=O)C1=O. The molecule has 0 aromatic heterocycles. The van der Waals surface area contributed by atoms with Gasteiger partial charge in [0.2, 0.25) is 5.91 Å². The van der Waals surface area contributed by atoms with E-state index in [1.807, 2.05) is 6.92 Å². The van der Waals surface area contributed by atoms with Crippen LogP contribution in [0.5, 0.6) is 0 Å². The average Bonchev–Trinajstić information content (AvgIpc) is 2.72. The summed E-state index contributed by atoms with van der Waals surface area (Å²) in [6.07, 6.45) is 0.356. The van der Waals surface area contributed by atoms with Gasteiger partial charge in [-0.05, 0) is 32.4 Å². The van der Waals surface area contributed by atoms with Crippen LogP contribution in [0.2, 0.25) is 0 Å². The Morgan fingerprint density at radius 2 is 1.77 bits per heavy atom. The fraction of sp³-hybridized carbons (Fsp3) is 0.375. The lowest BCUT2D eigenvalue weighted by Crippen LogP contribution is -2.55. The molecule has 114 valence electrons. The van der Waals surface area contributed by atoms with Gasteiger partial charge in [0, 0.05) is 13.0 Å². The molecule has 1 unspecified atom stereocenters. The second kappa shape index (κ2) is 5.05. The first-order chi connectivity index (χ1) is 10.5. The lowest BCUT2D eigenvalue weighted by Gasteiger charge is -2.33. The van der Waals surface area contributed by atoms with Crippen molar-refractivity contribution in [3.63, 3.8) is 0 Å². The molecule has 0 N–H and O–H groups in total. The van der Waals surface area contributed by atoms with Crippen LogP contribution in [0.15, 0.2) is 18.2 Å². The summed E-state index contributed by atoms with van der Waals surface area (Å²) in [4.78, 5) is 51.3. The molecule has 2 aliphatic heterocycles. The number of piperidine rings is 1. The average molecular weight is 300 g/mol. The van der Waals surface area contributed by atoms with Gasteiger partial charge in [-0.3, -0.25) is 29.0 Å². The highest BCUT2D eigenvalue weighted by Gasteiger charge is 2.46. The molecule has 1 fully saturated rings. The molecule has 1 aromatic rings. The quantitative estimate of drug-likeness (QED) is 0.767. The number of carbonyl (C=O) groups is 4. The van der Waals surface area contributed by atoms with Crippen LogP contribution in [0, 0.1) is 6.92 Å². The maximum absolute atomic E-state index is 12.5. The van der Waals surface area contributed by atoms with E-state index in [2.05, 4.69) is 0 Å². The number of fused-ring (bicyclic) bond motifs is 1. The van der Waals surface area contributed by atoms with Crippen molar-refractivity contribution in [3.05, 3.63) is 34.9 Å². The molecule has 3 rings (SSSR count). The Labute approximate surface area is 127 Å². The minimum atomic E-state index is -0.884. The molecule has 0 saturated carbocycles. The van der Waals surface area contributed by atoms with Crippen LogP contribution < -0.4 is 0 Å². The van der Waals surface area contributed by atoms with E-state index in [1.165, 1.54) is 0 Å². The third-order valence-corrected chi connectivity index (χ3v) is 4.19. The molecule has 0 radical (unpaired) electrons. The molecule has 6 nitrogen and oxygen atoms in total. The zero-order chi connectivity index (χ0) is 16.0. The lowest BCUT2D eigenvalue weighted by atomic mass is 10.0. The summed E-state index contributed by atoms with van der Waals surface area (Å²) in [6, 6.07) is 4.15. The van der Waals surface area contributed by atoms with Crippen molar-refractivity contribution < 1.29 is 19.2 Å². The minimum Gasteiger partial charge on any atom is -0.281 e. The van der Waals surface area contributed by atoms with Crippen LogP contribution in [0.3, 0.4) is 0 Å². The Hall–Kier alpha value is -2.50. The number of likely N-dealkylation sites (N-methyl/N-ethyl adjacent to an activating group) is 1. The predicted molar refractivity (Wildman–Crippen MR) is 77.1 cm³/mol. The zero-order valence-electron chi connectivity index (χ0n) is 12.5. The summed E-state index contributed by atoms with van der Waals surface area (Å²) in [5, 5.41) is 0. The largest absolute Gasteiger partial charge is 0.281 e. The van der Waals surface area contributed by atoms with Gasteiger partial charge in [-0.15, -0.1) is 0 Å². The van der Waals surface area contributed by atoms with E-state index in [4.69, 9.17) is 0 Å². The van der Waals surface area contributed by atoms with Gasteiger partial charge in [-0.1, -0.05) is 11.6 Å². The summed E-state index contributed by atoms with van der Waals surface area (Å²) in [5.74, 6) is -1.63. The highest BCUT2D eigenvalue weighted by atomic mass is 16.2. The highest BCUT2D eigenvalue weighted by molar-refractivity contribution is 6.23. The number of aryl methyl sites for hydroxylation is 1. The maximum Gasteiger partial charge on any atom is 0.262 e. The van der Waals surface area contributed by atoms with Gasteiger partial charge in [-0.2, -0.15) is 0 Å². The van der Waals surface area contributed by atoms with Crippen LogP contribution in [-0.4, -0.2) is 46.0 Å². The monoisotopic (exact) mass is 300 g/mol. The van der Waals surface area contributed by atoms with Crippen LogP contribution in [-0.2, 0) is 9.59 Å². The summed E-state index contributed by atoms with van der Waals surface area (Å²) >= 11 is 0. The summed E-state index contributed by atoms with van der Waals surface area (Å²) < 4.78 is 0. The molecule has 2 aliphatic rings. The van der Waals surface area contributed by atoms with E-state index in [0.717, 1.165) is 15.4 Å². The number of hydrogen-bond donors (Lipinski definition) is 0. The zero-order valence-corrected chi connectivity index (χ0v) is 12.5. The standard InChI is InChI=1S/C16H16N2O4/c1-3-17-13(19)7-6-12(16(17)22)18-14(20)10-5-4-9(2)8-11(10)15(18)21/h4-5,8,12H,3,6-7H2,1-2H3. The van der Waals surface area contributed by atoms with Crippen molar-refractivity contribution in [2.24, 2.45) is 0 Å². The normalized spacial score (nSPS) is 21.6. The number of rotatable bonds is 2. The molecule has 0 bridgehead atoms. The van der Waals surface area contributed by atoms with Crippen LogP contribution >= 0.6 is 0 Å². The van der Waals surface area contributed by atoms with Gasteiger partial charge in [0.25, 0.3) is 17.7 Å². The summed E-state index contributed by atoms with van der Waals surface area (Å²) in [6.45, 7) is 3.78. The number of amides is 4. The second-order valence-corrected chi connectivity index (χ2v) is 5.56. The number of carbonyl (C=O) groups excluding carboxylic acids is 4. The molecule has 1 atom stereocenters. The van der Waals surface area contributed by atoms with Crippen LogP contribution in [0.4, 0.5) is 0 Å². The first-order valence-corrected chi connectivity index (χ1v) is 7.28. The van der Waals surface area contributed by atoms with Gasteiger partial charge in [0.15, 0.2) is 0 Å². The number of likely N-dealkylation sites (tertiary alicyclic amines) is 1. The fourth-order valence-corrected chi connectivity index (χ4v) is 3.05. The smallest absolute Gasteiger partial charge is 0.262 e. The molecule has 0 spiro atoms. The molecule has 0 aliphatic carbocycles. The Morgan fingerprint density at radius 1 is 1.09 bits per heavy atom. The number of hydrogen-bond acceptors (Lipinski definition) is 4. The van der Waals surface area contributed by atoms with E-state index in [1.54, 1.807) is 25.1 Å². The van der Waals surface area contributed by atoms with E-state index >= 15 is 0 Å². The van der Waals surface area contributed by atoms with Gasteiger partial charge < -0.3 is 0 Å². The van der Waals surface area contributed by atoms with E-state index in [9.17, 15) is 19.2 Å².